The number of halogens is 1. The maximum atomic E-state index is 9.23. The molecule has 2 aromatic carbocycles. The van der Waals surface area contributed by atoms with E-state index in [9.17, 15) is 5.11 Å². The number of hydrogen-bond acceptors (Lipinski definition) is 6. The Morgan fingerprint density at radius 2 is 1.80 bits per heavy atom. The molecule has 176 valence electrons. The molecule has 3 aromatic heterocycles. The summed E-state index contributed by atoms with van der Waals surface area (Å²) in [5.41, 5.74) is 5.98. The van der Waals surface area contributed by atoms with Crippen LogP contribution in [0.15, 0.2) is 73.1 Å². The van der Waals surface area contributed by atoms with Crippen LogP contribution in [0.2, 0.25) is 5.02 Å². The Balaban J connectivity index is 1.22. The molecule has 4 heterocycles. The predicted molar refractivity (Wildman–Crippen MR) is 133 cm³/mol. The Kier molecular flexibility index (Phi) is 5.69. The number of benzene rings is 2. The summed E-state index contributed by atoms with van der Waals surface area (Å²) in [5.74, 6) is 0. The van der Waals surface area contributed by atoms with Gasteiger partial charge in [0.25, 0.3) is 6.01 Å². The van der Waals surface area contributed by atoms with Crippen LogP contribution in [0.5, 0.6) is 6.01 Å². The molecule has 9 heteroatoms. The maximum Gasteiger partial charge on any atom is 0.296 e. The van der Waals surface area contributed by atoms with Crippen molar-refractivity contribution in [3.8, 4) is 34.1 Å². The zero-order valence-corrected chi connectivity index (χ0v) is 19.4. The highest BCUT2D eigenvalue weighted by molar-refractivity contribution is 6.33. The summed E-state index contributed by atoms with van der Waals surface area (Å²) < 4.78 is 13.2. The number of aliphatic hydroxyl groups excluding tert-OH is 1. The topological polar surface area (TPSA) is 98.1 Å². The zero-order valence-electron chi connectivity index (χ0n) is 18.6. The lowest BCUT2D eigenvalue weighted by atomic mass is 10.0. The minimum Gasteiger partial charge on any atom is -0.459 e. The smallest absolute Gasteiger partial charge is 0.296 e. The number of nitrogens with one attached hydrogen (secondary N) is 1. The lowest BCUT2D eigenvalue weighted by Gasteiger charge is -2.07. The van der Waals surface area contributed by atoms with Gasteiger partial charge in [-0.1, -0.05) is 48.0 Å². The van der Waals surface area contributed by atoms with Crippen molar-refractivity contribution in [1.29, 1.82) is 0 Å². The second-order valence-electron chi connectivity index (χ2n) is 8.42. The van der Waals surface area contributed by atoms with Crippen molar-refractivity contribution in [2.75, 3.05) is 13.2 Å². The van der Waals surface area contributed by atoms with Gasteiger partial charge in [0.15, 0.2) is 5.65 Å². The average molecular weight is 488 g/mol. The van der Waals surface area contributed by atoms with Crippen molar-refractivity contribution in [1.82, 2.24) is 24.7 Å². The van der Waals surface area contributed by atoms with E-state index in [1.807, 2.05) is 47.3 Å². The van der Waals surface area contributed by atoms with Crippen LogP contribution in [0.4, 0.5) is 0 Å². The highest BCUT2D eigenvalue weighted by Gasteiger charge is 2.27. The van der Waals surface area contributed by atoms with Gasteiger partial charge in [-0.2, -0.15) is 10.1 Å². The van der Waals surface area contributed by atoms with Crippen LogP contribution in [-0.4, -0.2) is 55.3 Å². The lowest BCUT2D eigenvalue weighted by molar-refractivity contribution is 0.0528. The average Bonchev–Trinajstić information content (AvgIpc) is 3.65. The first-order valence-electron chi connectivity index (χ1n) is 11.3. The van der Waals surface area contributed by atoms with Gasteiger partial charge in [0, 0.05) is 24.4 Å². The van der Waals surface area contributed by atoms with E-state index in [1.54, 1.807) is 6.20 Å². The molecule has 8 nitrogen and oxygen atoms in total. The molecular formula is C26H22ClN5O3. The van der Waals surface area contributed by atoms with Crippen molar-refractivity contribution in [2.45, 2.75) is 18.6 Å². The van der Waals surface area contributed by atoms with Gasteiger partial charge >= 0.3 is 0 Å². The standard InChI is InChI=1S/C26H22ClN5O3/c27-22-13-23-25(31-26(29-23)35-21-12-20(14-33)34-15-21)30-24(22)18-4-2-16(3-5-18)17-6-8-19(9-7-17)32-11-1-10-28-32/h1-11,13,20-21,33H,12,14-15H2,(H,29,30,31). The highest BCUT2D eigenvalue weighted by atomic mass is 35.5. The molecule has 5 aromatic rings. The maximum absolute atomic E-state index is 9.23. The van der Waals surface area contributed by atoms with E-state index in [1.165, 1.54) is 0 Å². The molecule has 0 radical (unpaired) electrons. The molecule has 35 heavy (non-hydrogen) atoms. The van der Waals surface area contributed by atoms with Gasteiger partial charge in [-0.15, -0.1) is 0 Å². The van der Waals surface area contributed by atoms with Crippen LogP contribution in [0.3, 0.4) is 0 Å². The lowest BCUT2D eigenvalue weighted by Crippen LogP contribution is -2.17. The third-order valence-electron chi connectivity index (χ3n) is 6.06. The fraction of sp³-hybridized carbons (Fsp3) is 0.192. The fourth-order valence-electron chi connectivity index (χ4n) is 4.24. The summed E-state index contributed by atoms with van der Waals surface area (Å²) in [4.78, 5) is 12.3. The number of fused-ring (bicyclic) bond motifs is 1. The molecule has 1 fully saturated rings. The Morgan fingerprint density at radius 3 is 2.49 bits per heavy atom. The first-order valence-corrected chi connectivity index (χ1v) is 11.7. The minimum absolute atomic E-state index is 0.0180. The molecule has 0 spiro atoms. The number of pyridine rings is 1. The van der Waals surface area contributed by atoms with Crippen molar-refractivity contribution < 1.29 is 14.6 Å². The Bertz CT molecular complexity index is 1450. The van der Waals surface area contributed by atoms with Crippen LogP contribution in [0, 0.1) is 0 Å². The molecule has 0 aliphatic carbocycles. The Hall–Kier alpha value is -3.72. The van der Waals surface area contributed by atoms with Gasteiger partial charge in [0.05, 0.1) is 41.2 Å². The molecular weight excluding hydrogens is 466 g/mol. The summed E-state index contributed by atoms with van der Waals surface area (Å²) in [6.07, 6.45) is 3.94. The second kappa shape index (κ2) is 9.14. The molecule has 2 atom stereocenters. The number of rotatable bonds is 6. The number of aliphatic hydroxyl groups is 1. The van der Waals surface area contributed by atoms with Crippen LogP contribution in [-0.2, 0) is 4.74 Å². The van der Waals surface area contributed by atoms with Crippen molar-refractivity contribution in [3.05, 3.63) is 78.1 Å². The van der Waals surface area contributed by atoms with Crippen LogP contribution >= 0.6 is 11.6 Å². The molecule has 0 amide bonds. The number of aromatic nitrogens is 5. The quantitative estimate of drug-likeness (QED) is 0.361. The van der Waals surface area contributed by atoms with Crippen molar-refractivity contribution in [2.24, 2.45) is 0 Å². The molecule has 0 bridgehead atoms. The summed E-state index contributed by atoms with van der Waals surface area (Å²) in [5, 5.41) is 14.0. The minimum atomic E-state index is -0.194. The highest BCUT2D eigenvalue weighted by Crippen LogP contribution is 2.31. The number of hydrogen-bond donors (Lipinski definition) is 2. The van der Waals surface area contributed by atoms with Crippen LogP contribution in [0.1, 0.15) is 6.42 Å². The van der Waals surface area contributed by atoms with E-state index in [-0.39, 0.29) is 18.8 Å². The summed E-state index contributed by atoms with van der Waals surface area (Å²) in [7, 11) is 0. The summed E-state index contributed by atoms with van der Waals surface area (Å²) >= 11 is 6.57. The fourth-order valence-corrected chi connectivity index (χ4v) is 4.50. The predicted octanol–water partition coefficient (Wildman–Crippen LogP) is 4.66. The van der Waals surface area contributed by atoms with E-state index in [0.29, 0.717) is 40.9 Å². The van der Waals surface area contributed by atoms with Gasteiger partial charge in [-0.3, -0.25) is 0 Å². The van der Waals surface area contributed by atoms with E-state index < -0.39 is 0 Å². The molecule has 6 rings (SSSR count). The SMILES string of the molecule is OCC1CC(Oc2nc3nc(-c4ccc(-c5ccc(-n6cccn6)cc5)cc4)c(Cl)cc3[nH]2)CO1. The van der Waals surface area contributed by atoms with Crippen molar-refractivity contribution in [3.63, 3.8) is 0 Å². The van der Waals surface area contributed by atoms with Crippen LogP contribution in [0.25, 0.3) is 39.2 Å². The van der Waals surface area contributed by atoms with E-state index in [2.05, 4.69) is 44.3 Å². The number of imidazole rings is 1. The molecule has 1 saturated heterocycles. The van der Waals surface area contributed by atoms with E-state index >= 15 is 0 Å². The van der Waals surface area contributed by atoms with E-state index in [4.69, 9.17) is 21.1 Å². The Labute approximate surface area is 206 Å². The summed E-state index contributed by atoms with van der Waals surface area (Å²) in [6, 6.07) is 20.4. The Morgan fingerprint density at radius 1 is 1.06 bits per heavy atom. The number of nitrogens with zero attached hydrogens (tertiary/aromatic N) is 4. The van der Waals surface area contributed by atoms with Crippen molar-refractivity contribution >= 4 is 22.8 Å². The van der Waals surface area contributed by atoms with Gasteiger partial charge in [-0.25, -0.2) is 9.67 Å². The number of aromatic amines is 1. The first kappa shape index (κ1) is 21.8. The normalized spacial score (nSPS) is 17.8. The third-order valence-corrected chi connectivity index (χ3v) is 6.35. The van der Waals surface area contributed by atoms with Gasteiger partial charge in [-0.05, 0) is 35.4 Å². The largest absolute Gasteiger partial charge is 0.459 e. The molecule has 1 aliphatic rings. The molecule has 2 N–H and O–H groups in total. The summed E-state index contributed by atoms with van der Waals surface area (Å²) in [6.45, 7) is 0.399. The van der Waals surface area contributed by atoms with Gasteiger partial charge in [0.1, 0.15) is 6.10 Å². The monoisotopic (exact) mass is 487 g/mol. The number of ether oxygens (including phenoxy) is 2. The zero-order chi connectivity index (χ0) is 23.8. The molecule has 2 unspecified atom stereocenters. The van der Waals surface area contributed by atoms with Gasteiger partial charge in [0.2, 0.25) is 0 Å². The second-order valence-corrected chi connectivity index (χ2v) is 8.83. The first-order chi connectivity index (χ1) is 17.2. The third kappa shape index (κ3) is 4.39. The van der Waals surface area contributed by atoms with E-state index in [0.717, 1.165) is 22.4 Å². The molecule has 1 aliphatic heterocycles. The number of H-pyrrole nitrogens is 1. The van der Waals surface area contributed by atoms with Crippen LogP contribution < -0.4 is 4.74 Å². The van der Waals surface area contributed by atoms with Gasteiger partial charge < -0.3 is 19.6 Å². The molecule has 0 saturated carbocycles.